The lowest BCUT2D eigenvalue weighted by Crippen LogP contribution is -2.24. The second kappa shape index (κ2) is 9.05. The van der Waals surface area contributed by atoms with Crippen molar-refractivity contribution in [1.29, 1.82) is 0 Å². The molecular formula is C16H18BrF3N2O2S. The molecule has 0 aliphatic rings. The molecule has 0 atom stereocenters. The standard InChI is InChI=1S/C16H18BrF3N2O2S/c1-2-24-8-3-7-22-14(23)12-10-11(17)4-5-13(12)21-15(22)25-9-6-16(18,19)20/h4-5,10H,2-3,6-9H2,1H3. The van der Waals surface area contributed by atoms with Crippen LogP contribution in [0.1, 0.15) is 19.8 Å². The monoisotopic (exact) mass is 438 g/mol. The molecule has 4 nitrogen and oxygen atoms in total. The third kappa shape index (κ3) is 6.00. The Morgan fingerprint density at radius 3 is 2.80 bits per heavy atom. The molecule has 0 aliphatic carbocycles. The second-order valence-electron chi connectivity index (χ2n) is 5.28. The average molecular weight is 439 g/mol. The first kappa shape index (κ1) is 20.3. The van der Waals surface area contributed by atoms with E-state index in [1.165, 1.54) is 4.57 Å². The van der Waals surface area contributed by atoms with E-state index in [1.54, 1.807) is 18.2 Å². The van der Waals surface area contributed by atoms with Crippen LogP contribution in [-0.2, 0) is 11.3 Å². The highest BCUT2D eigenvalue weighted by molar-refractivity contribution is 9.10. The van der Waals surface area contributed by atoms with Crippen LogP contribution in [0.3, 0.4) is 0 Å². The van der Waals surface area contributed by atoms with Crippen molar-refractivity contribution in [3.05, 3.63) is 33.0 Å². The molecule has 1 heterocycles. The molecule has 0 saturated carbocycles. The number of fused-ring (bicyclic) bond motifs is 1. The highest BCUT2D eigenvalue weighted by atomic mass is 79.9. The van der Waals surface area contributed by atoms with Gasteiger partial charge in [-0.1, -0.05) is 27.7 Å². The molecule has 2 aromatic rings. The number of ether oxygens (including phenoxy) is 1. The fraction of sp³-hybridized carbons (Fsp3) is 0.500. The number of nitrogens with zero attached hydrogens (tertiary/aromatic N) is 2. The van der Waals surface area contributed by atoms with Crippen LogP contribution in [0.15, 0.2) is 32.6 Å². The number of thioether (sulfide) groups is 1. The SMILES string of the molecule is CCOCCCn1c(SCCC(F)(F)F)nc2ccc(Br)cc2c1=O. The molecule has 0 N–H and O–H groups in total. The Hall–Kier alpha value is -1.06. The lowest BCUT2D eigenvalue weighted by molar-refractivity contribution is -0.129. The Bertz CT molecular complexity index is 780. The minimum atomic E-state index is -4.23. The molecule has 0 aliphatic heterocycles. The van der Waals surface area contributed by atoms with Crippen molar-refractivity contribution >= 4 is 38.6 Å². The Kier molecular flexibility index (Phi) is 7.33. The van der Waals surface area contributed by atoms with E-state index in [9.17, 15) is 18.0 Å². The molecule has 138 valence electrons. The summed E-state index contributed by atoms with van der Waals surface area (Å²) < 4.78 is 44.7. The van der Waals surface area contributed by atoms with E-state index in [-0.39, 0.29) is 11.3 Å². The molecule has 9 heteroatoms. The van der Waals surface area contributed by atoms with E-state index in [1.807, 2.05) is 6.92 Å². The van der Waals surface area contributed by atoms with Crippen molar-refractivity contribution in [2.75, 3.05) is 19.0 Å². The topological polar surface area (TPSA) is 44.1 Å². The fourth-order valence-electron chi connectivity index (χ4n) is 2.21. The summed E-state index contributed by atoms with van der Waals surface area (Å²) in [6.45, 7) is 3.28. The van der Waals surface area contributed by atoms with Gasteiger partial charge >= 0.3 is 6.18 Å². The van der Waals surface area contributed by atoms with Gasteiger partial charge in [0, 0.05) is 30.0 Å². The third-order valence-corrected chi connectivity index (χ3v) is 4.84. The average Bonchev–Trinajstić information content (AvgIpc) is 2.53. The predicted octanol–water partition coefficient (Wildman–Crippen LogP) is 4.63. The first-order valence-corrected chi connectivity index (χ1v) is 9.57. The summed E-state index contributed by atoms with van der Waals surface area (Å²) in [5, 5.41) is 0.742. The van der Waals surface area contributed by atoms with Gasteiger partial charge in [-0.2, -0.15) is 13.2 Å². The minimum Gasteiger partial charge on any atom is -0.382 e. The van der Waals surface area contributed by atoms with Gasteiger partial charge in [-0.15, -0.1) is 0 Å². The molecule has 0 amide bonds. The van der Waals surface area contributed by atoms with Crippen LogP contribution in [0.4, 0.5) is 13.2 Å². The van der Waals surface area contributed by atoms with Crippen LogP contribution in [0.5, 0.6) is 0 Å². The summed E-state index contributed by atoms with van der Waals surface area (Å²) in [5.74, 6) is -0.177. The molecule has 0 fully saturated rings. The Balaban J connectivity index is 2.31. The zero-order chi connectivity index (χ0) is 18.4. The van der Waals surface area contributed by atoms with Crippen molar-refractivity contribution < 1.29 is 17.9 Å². The first-order valence-electron chi connectivity index (χ1n) is 7.79. The summed E-state index contributed by atoms with van der Waals surface area (Å²) in [7, 11) is 0. The Morgan fingerprint density at radius 1 is 1.36 bits per heavy atom. The number of halogens is 4. The molecule has 1 aromatic carbocycles. The van der Waals surface area contributed by atoms with Crippen molar-refractivity contribution in [2.24, 2.45) is 0 Å². The van der Waals surface area contributed by atoms with Crippen LogP contribution in [0, 0.1) is 0 Å². The van der Waals surface area contributed by atoms with E-state index < -0.39 is 12.6 Å². The summed E-state index contributed by atoms with van der Waals surface area (Å²) in [5.41, 5.74) is 0.223. The normalized spacial score (nSPS) is 12.0. The lowest BCUT2D eigenvalue weighted by atomic mass is 10.2. The summed E-state index contributed by atoms with van der Waals surface area (Å²) in [4.78, 5) is 17.1. The fourth-order valence-corrected chi connectivity index (χ4v) is 3.58. The van der Waals surface area contributed by atoms with Gasteiger partial charge in [0.2, 0.25) is 0 Å². The summed E-state index contributed by atoms with van der Waals surface area (Å²) in [6, 6.07) is 5.10. The van der Waals surface area contributed by atoms with E-state index in [0.717, 1.165) is 16.2 Å². The lowest BCUT2D eigenvalue weighted by Gasteiger charge is -2.14. The van der Waals surface area contributed by atoms with Crippen LogP contribution >= 0.6 is 27.7 Å². The van der Waals surface area contributed by atoms with E-state index in [4.69, 9.17) is 4.74 Å². The maximum atomic E-state index is 12.8. The quantitative estimate of drug-likeness (QED) is 0.342. The maximum Gasteiger partial charge on any atom is 0.389 e. The van der Waals surface area contributed by atoms with E-state index in [0.29, 0.717) is 42.2 Å². The number of aromatic nitrogens is 2. The van der Waals surface area contributed by atoms with Crippen LogP contribution in [0.25, 0.3) is 10.9 Å². The summed E-state index contributed by atoms with van der Waals surface area (Å²) >= 11 is 4.27. The molecule has 0 radical (unpaired) electrons. The zero-order valence-electron chi connectivity index (χ0n) is 13.6. The Morgan fingerprint density at radius 2 is 2.12 bits per heavy atom. The molecular weight excluding hydrogens is 421 g/mol. The van der Waals surface area contributed by atoms with Crippen LogP contribution in [-0.4, -0.2) is 34.7 Å². The molecule has 0 spiro atoms. The largest absolute Gasteiger partial charge is 0.389 e. The van der Waals surface area contributed by atoms with Gasteiger partial charge in [0.25, 0.3) is 5.56 Å². The van der Waals surface area contributed by atoms with Gasteiger partial charge in [-0.3, -0.25) is 9.36 Å². The van der Waals surface area contributed by atoms with Gasteiger partial charge < -0.3 is 4.74 Å². The predicted molar refractivity (Wildman–Crippen MR) is 96.2 cm³/mol. The number of alkyl halides is 3. The van der Waals surface area contributed by atoms with E-state index >= 15 is 0 Å². The number of hydrogen-bond acceptors (Lipinski definition) is 4. The van der Waals surface area contributed by atoms with Crippen LogP contribution in [0.2, 0.25) is 0 Å². The highest BCUT2D eigenvalue weighted by Gasteiger charge is 2.26. The Labute approximate surface area is 155 Å². The third-order valence-electron chi connectivity index (χ3n) is 3.37. The van der Waals surface area contributed by atoms with Gasteiger partial charge in [0.15, 0.2) is 5.16 Å². The highest BCUT2D eigenvalue weighted by Crippen LogP contribution is 2.26. The summed E-state index contributed by atoms with van der Waals surface area (Å²) in [6.07, 6.45) is -4.57. The maximum absolute atomic E-state index is 12.8. The smallest absolute Gasteiger partial charge is 0.382 e. The second-order valence-corrected chi connectivity index (χ2v) is 7.25. The van der Waals surface area contributed by atoms with Gasteiger partial charge in [-0.05, 0) is 31.5 Å². The number of rotatable bonds is 8. The van der Waals surface area contributed by atoms with Crippen LogP contribution < -0.4 is 5.56 Å². The zero-order valence-corrected chi connectivity index (χ0v) is 16.0. The first-order chi connectivity index (χ1) is 11.8. The molecule has 1 aromatic heterocycles. The van der Waals surface area contributed by atoms with Crippen molar-refractivity contribution in [3.8, 4) is 0 Å². The van der Waals surface area contributed by atoms with Gasteiger partial charge in [0.05, 0.1) is 17.3 Å². The minimum absolute atomic E-state index is 0.177. The number of hydrogen-bond donors (Lipinski definition) is 0. The molecule has 0 bridgehead atoms. The number of benzene rings is 1. The van der Waals surface area contributed by atoms with Crippen molar-refractivity contribution in [2.45, 2.75) is 37.6 Å². The van der Waals surface area contributed by atoms with Crippen molar-refractivity contribution in [1.82, 2.24) is 9.55 Å². The molecule has 0 saturated heterocycles. The molecule has 25 heavy (non-hydrogen) atoms. The van der Waals surface area contributed by atoms with E-state index in [2.05, 4.69) is 20.9 Å². The van der Waals surface area contributed by atoms with Gasteiger partial charge in [-0.25, -0.2) is 4.98 Å². The van der Waals surface area contributed by atoms with Gasteiger partial charge in [0.1, 0.15) is 0 Å². The molecule has 2 rings (SSSR count). The molecule has 0 unspecified atom stereocenters. The van der Waals surface area contributed by atoms with Crippen molar-refractivity contribution in [3.63, 3.8) is 0 Å².